The number of rotatable bonds is 5. The predicted octanol–water partition coefficient (Wildman–Crippen LogP) is 2.25. The summed E-state index contributed by atoms with van der Waals surface area (Å²) in [7, 11) is 0. The number of aromatic nitrogens is 1. The van der Waals surface area contributed by atoms with Crippen LogP contribution in [0.15, 0.2) is 18.3 Å². The summed E-state index contributed by atoms with van der Waals surface area (Å²) in [5, 5.41) is 3.01. The van der Waals surface area contributed by atoms with Gasteiger partial charge in [0.25, 0.3) is 0 Å². The highest BCUT2D eigenvalue weighted by molar-refractivity contribution is 5.74. The van der Waals surface area contributed by atoms with E-state index in [-0.39, 0.29) is 6.03 Å². The molecule has 2 fully saturated rings. The molecule has 1 aliphatic carbocycles. The van der Waals surface area contributed by atoms with Crippen LogP contribution in [0.25, 0.3) is 0 Å². The Balaban J connectivity index is 1.43. The van der Waals surface area contributed by atoms with Gasteiger partial charge in [-0.15, -0.1) is 0 Å². The zero-order valence-corrected chi connectivity index (χ0v) is 14.5. The van der Waals surface area contributed by atoms with Crippen molar-refractivity contribution in [3.8, 4) is 5.88 Å². The second-order valence-corrected chi connectivity index (χ2v) is 6.56. The lowest BCUT2D eigenvalue weighted by Gasteiger charge is -2.38. The minimum atomic E-state index is 0.0239. The van der Waals surface area contributed by atoms with Gasteiger partial charge in [-0.1, -0.05) is 12.8 Å². The van der Waals surface area contributed by atoms with Crippen LogP contribution in [-0.4, -0.2) is 59.6 Å². The number of pyridine rings is 1. The van der Waals surface area contributed by atoms with Crippen LogP contribution in [0.4, 0.5) is 4.79 Å². The molecule has 3 rings (SSSR count). The molecule has 132 valence electrons. The van der Waals surface area contributed by atoms with E-state index in [9.17, 15) is 4.79 Å². The lowest BCUT2D eigenvalue weighted by molar-refractivity contribution is 0.109. The number of hydrogen-bond acceptors (Lipinski definition) is 4. The van der Waals surface area contributed by atoms with E-state index >= 15 is 0 Å². The first-order chi connectivity index (χ1) is 11.8. The van der Waals surface area contributed by atoms with E-state index in [0.29, 0.717) is 19.0 Å². The fraction of sp³-hybridized carbons (Fsp3) is 0.667. The van der Waals surface area contributed by atoms with Crippen LogP contribution < -0.4 is 10.1 Å². The van der Waals surface area contributed by atoms with Gasteiger partial charge in [0.1, 0.15) is 0 Å². The molecule has 1 aromatic rings. The summed E-state index contributed by atoms with van der Waals surface area (Å²) in [4.78, 5) is 21.0. The molecule has 0 radical (unpaired) electrons. The first kappa shape index (κ1) is 17.0. The first-order valence-corrected chi connectivity index (χ1v) is 9.11. The maximum Gasteiger partial charge on any atom is 0.317 e. The van der Waals surface area contributed by atoms with Crippen molar-refractivity contribution in [2.45, 2.75) is 45.2 Å². The molecule has 6 nitrogen and oxygen atoms in total. The highest BCUT2D eigenvalue weighted by atomic mass is 16.5. The van der Waals surface area contributed by atoms with Crippen molar-refractivity contribution in [1.29, 1.82) is 0 Å². The van der Waals surface area contributed by atoms with E-state index in [4.69, 9.17) is 4.74 Å². The minimum Gasteiger partial charge on any atom is -0.478 e. The van der Waals surface area contributed by atoms with Crippen molar-refractivity contribution in [2.24, 2.45) is 0 Å². The van der Waals surface area contributed by atoms with E-state index in [1.54, 1.807) is 6.20 Å². The molecule has 24 heavy (non-hydrogen) atoms. The number of nitrogens with one attached hydrogen (secondary N) is 1. The summed E-state index contributed by atoms with van der Waals surface area (Å²) in [6.45, 7) is 6.68. The molecule has 0 unspecified atom stereocenters. The fourth-order valence-electron chi connectivity index (χ4n) is 3.64. The van der Waals surface area contributed by atoms with Gasteiger partial charge in [-0.05, 0) is 31.4 Å². The Morgan fingerprint density at radius 1 is 1.29 bits per heavy atom. The van der Waals surface area contributed by atoms with Gasteiger partial charge in [-0.2, -0.15) is 0 Å². The molecule has 1 N–H and O–H groups in total. The predicted molar refractivity (Wildman–Crippen MR) is 93.0 cm³/mol. The number of amides is 2. The molecule has 1 aliphatic heterocycles. The Hall–Kier alpha value is -1.82. The van der Waals surface area contributed by atoms with Crippen LogP contribution in [-0.2, 0) is 6.54 Å². The third-order valence-corrected chi connectivity index (χ3v) is 4.98. The smallest absolute Gasteiger partial charge is 0.317 e. The van der Waals surface area contributed by atoms with Crippen LogP contribution in [0.1, 0.15) is 38.2 Å². The quantitative estimate of drug-likeness (QED) is 0.898. The molecule has 2 amide bonds. The van der Waals surface area contributed by atoms with Gasteiger partial charge in [0.05, 0.1) is 6.61 Å². The largest absolute Gasteiger partial charge is 0.478 e. The van der Waals surface area contributed by atoms with Crippen LogP contribution in [0.3, 0.4) is 0 Å². The Morgan fingerprint density at radius 2 is 2.04 bits per heavy atom. The van der Waals surface area contributed by atoms with Crippen molar-refractivity contribution in [2.75, 3.05) is 32.8 Å². The molecule has 6 heteroatoms. The average molecular weight is 332 g/mol. The molecular weight excluding hydrogens is 304 g/mol. The summed E-state index contributed by atoms with van der Waals surface area (Å²) >= 11 is 0. The van der Waals surface area contributed by atoms with E-state index in [0.717, 1.165) is 37.8 Å². The van der Waals surface area contributed by atoms with E-state index in [1.807, 2.05) is 24.0 Å². The van der Waals surface area contributed by atoms with Gasteiger partial charge >= 0.3 is 6.03 Å². The third-order valence-electron chi connectivity index (χ3n) is 4.98. The van der Waals surface area contributed by atoms with Crippen molar-refractivity contribution in [1.82, 2.24) is 20.1 Å². The van der Waals surface area contributed by atoms with Gasteiger partial charge < -0.3 is 15.0 Å². The van der Waals surface area contributed by atoms with E-state index in [2.05, 4.69) is 15.2 Å². The van der Waals surface area contributed by atoms with Crippen molar-refractivity contribution >= 4 is 6.03 Å². The lowest BCUT2D eigenvalue weighted by atomic mass is 10.2. The molecule has 2 aliphatic rings. The molecule has 0 spiro atoms. The standard InChI is InChI=1S/C18H28N4O2/c1-2-24-17-13-15(7-8-19-17)14-20-18(23)22-11-9-21(10-12-22)16-5-3-4-6-16/h7-8,13,16H,2-6,9-12,14H2,1H3,(H,20,23). The fourth-order valence-corrected chi connectivity index (χ4v) is 3.64. The molecule has 0 aromatic carbocycles. The number of piperazine rings is 1. The highest BCUT2D eigenvalue weighted by Gasteiger charge is 2.27. The maximum atomic E-state index is 12.4. The number of ether oxygens (including phenoxy) is 1. The molecular formula is C18H28N4O2. The van der Waals surface area contributed by atoms with Crippen molar-refractivity contribution < 1.29 is 9.53 Å². The topological polar surface area (TPSA) is 57.7 Å². The molecule has 1 aromatic heterocycles. The van der Waals surface area contributed by atoms with Gasteiger partial charge in [-0.3, -0.25) is 4.90 Å². The summed E-state index contributed by atoms with van der Waals surface area (Å²) in [6.07, 6.45) is 7.10. The second-order valence-electron chi connectivity index (χ2n) is 6.56. The number of carbonyl (C=O) groups excluding carboxylic acids is 1. The second kappa shape index (κ2) is 8.33. The Kier molecular flexibility index (Phi) is 5.91. The Labute approximate surface area is 144 Å². The normalized spacial score (nSPS) is 19.5. The number of urea groups is 1. The zero-order chi connectivity index (χ0) is 16.8. The summed E-state index contributed by atoms with van der Waals surface area (Å²) in [5.41, 5.74) is 1.01. The van der Waals surface area contributed by atoms with Crippen LogP contribution in [0, 0.1) is 0 Å². The van der Waals surface area contributed by atoms with Crippen LogP contribution >= 0.6 is 0 Å². The monoisotopic (exact) mass is 332 g/mol. The Morgan fingerprint density at radius 3 is 2.75 bits per heavy atom. The number of hydrogen-bond donors (Lipinski definition) is 1. The lowest BCUT2D eigenvalue weighted by Crippen LogP contribution is -2.53. The van der Waals surface area contributed by atoms with E-state index in [1.165, 1.54) is 25.7 Å². The average Bonchev–Trinajstić information content (AvgIpc) is 3.15. The summed E-state index contributed by atoms with van der Waals surface area (Å²) in [6, 6.07) is 4.56. The van der Waals surface area contributed by atoms with Gasteiger partial charge in [-0.25, -0.2) is 9.78 Å². The number of nitrogens with zero attached hydrogens (tertiary/aromatic N) is 3. The molecule has 1 saturated carbocycles. The number of carbonyl (C=O) groups is 1. The van der Waals surface area contributed by atoms with Crippen molar-refractivity contribution in [3.63, 3.8) is 0 Å². The van der Waals surface area contributed by atoms with Gasteiger partial charge in [0.15, 0.2) is 0 Å². The minimum absolute atomic E-state index is 0.0239. The summed E-state index contributed by atoms with van der Waals surface area (Å²) < 4.78 is 5.39. The molecule has 2 heterocycles. The van der Waals surface area contributed by atoms with Crippen LogP contribution in [0.2, 0.25) is 0 Å². The molecule has 1 saturated heterocycles. The van der Waals surface area contributed by atoms with Crippen LogP contribution in [0.5, 0.6) is 5.88 Å². The molecule has 0 bridgehead atoms. The van der Waals surface area contributed by atoms with E-state index < -0.39 is 0 Å². The maximum absolute atomic E-state index is 12.4. The zero-order valence-electron chi connectivity index (χ0n) is 14.5. The van der Waals surface area contributed by atoms with Gasteiger partial charge in [0.2, 0.25) is 5.88 Å². The Bertz CT molecular complexity index is 538. The SMILES string of the molecule is CCOc1cc(CNC(=O)N2CCN(C3CCCC3)CC2)ccn1. The first-order valence-electron chi connectivity index (χ1n) is 9.11. The third kappa shape index (κ3) is 4.38. The molecule has 0 atom stereocenters. The summed E-state index contributed by atoms with van der Waals surface area (Å²) in [5.74, 6) is 0.606. The van der Waals surface area contributed by atoms with Gasteiger partial charge in [0, 0.05) is 51.0 Å². The highest BCUT2D eigenvalue weighted by Crippen LogP contribution is 2.24. The van der Waals surface area contributed by atoms with Crippen molar-refractivity contribution in [3.05, 3.63) is 23.9 Å².